The van der Waals surface area contributed by atoms with Gasteiger partial charge in [0.2, 0.25) is 0 Å². The number of H-pyrrole nitrogens is 1. The Morgan fingerprint density at radius 1 is 1.35 bits per heavy atom. The molecule has 4 rings (SSSR count). The quantitative estimate of drug-likeness (QED) is 0.946. The van der Waals surface area contributed by atoms with Crippen LogP contribution >= 0.6 is 0 Å². The minimum Gasteiger partial charge on any atom is -0.489 e. The molecule has 2 aliphatic heterocycles. The summed E-state index contributed by atoms with van der Waals surface area (Å²) in [5, 5.41) is 0. The van der Waals surface area contributed by atoms with Gasteiger partial charge in [-0.2, -0.15) is 0 Å². The molecule has 1 aromatic heterocycles. The van der Waals surface area contributed by atoms with E-state index < -0.39 is 0 Å². The maximum Gasteiger partial charge on any atom is 0.127 e. The molecule has 1 aromatic carbocycles. The molecule has 5 heteroatoms. The molecule has 23 heavy (non-hydrogen) atoms. The molecule has 1 saturated heterocycles. The van der Waals surface area contributed by atoms with Crippen molar-refractivity contribution in [2.75, 3.05) is 32.9 Å². The van der Waals surface area contributed by atoms with E-state index in [9.17, 15) is 0 Å². The topological polar surface area (TPSA) is 50.4 Å². The third-order valence-electron chi connectivity index (χ3n) is 4.38. The van der Waals surface area contributed by atoms with Gasteiger partial charge in [-0.05, 0) is 24.6 Å². The van der Waals surface area contributed by atoms with Crippen molar-refractivity contribution in [3.8, 4) is 5.75 Å². The summed E-state index contributed by atoms with van der Waals surface area (Å²) < 4.78 is 11.5. The van der Waals surface area contributed by atoms with Crippen LogP contribution in [0.3, 0.4) is 0 Å². The molecule has 1 atom stereocenters. The number of aromatic amines is 1. The Hall–Kier alpha value is -2.11. The smallest absolute Gasteiger partial charge is 0.127 e. The summed E-state index contributed by atoms with van der Waals surface area (Å²) in [6.07, 6.45) is 4.13. The number of fused-ring (bicyclic) bond motifs is 1. The van der Waals surface area contributed by atoms with Gasteiger partial charge in [0.25, 0.3) is 0 Å². The lowest BCUT2D eigenvalue weighted by molar-refractivity contribution is -0.00748. The Morgan fingerprint density at radius 3 is 3.13 bits per heavy atom. The first-order chi connectivity index (χ1) is 11.3. The third kappa shape index (κ3) is 3.02. The average molecular weight is 311 g/mol. The van der Waals surface area contributed by atoms with Gasteiger partial charge >= 0.3 is 0 Å². The lowest BCUT2D eigenvalue weighted by Crippen LogP contribution is -2.41. The van der Waals surface area contributed by atoms with Gasteiger partial charge in [0.15, 0.2) is 0 Å². The molecular weight excluding hydrogens is 290 g/mol. The number of aryl methyl sites for hydroxylation is 1. The molecule has 0 unspecified atom stereocenters. The van der Waals surface area contributed by atoms with Crippen LogP contribution in [0.4, 0.5) is 0 Å². The van der Waals surface area contributed by atoms with Crippen LogP contribution in [0.2, 0.25) is 0 Å². The average Bonchev–Trinajstić information content (AvgIpc) is 3.01. The molecule has 0 spiro atoms. The monoisotopic (exact) mass is 311 g/mol. The standard InChI is InChI=1S/C18H21N3O2/c1-13-9-19-18(20-13)16-12-22-7-6-21(16)10-14-8-15-4-2-3-5-17(15)23-11-14/h2-5,8-9,16H,6-7,10-12H2,1H3,(H,19,20)/t16-/m0/s1. The van der Waals surface area contributed by atoms with Crippen LogP contribution in [0.1, 0.15) is 23.1 Å². The Morgan fingerprint density at radius 2 is 2.26 bits per heavy atom. The summed E-state index contributed by atoms with van der Waals surface area (Å²) in [5.41, 5.74) is 3.53. The van der Waals surface area contributed by atoms with E-state index in [0.29, 0.717) is 13.2 Å². The van der Waals surface area contributed by atoms with Gasteiger partial charge in [0, 0.05) is 30.5 Å². The molecule has 0 radical (unpaired) electrons. The normalized spacial score (nSPS) is 21.4. The number of morpholine rings is 1. The minimum atomic E-state index is 0.176. The lowest BCUT2D eigenvalue weighted by Gasteiger charge is -2.35. The van der Waals surface area contributed by atoms with Gasteiger partial charge in [0.1, 0.15) is 18.2 Å². The van der Waals surface area contributed by atoms with E-state index >= 15 is 0 Å². The van der Waals surface area contributed by atoms with Gasteiger partial charge in [-0.3, -0.25) is 4.90 Å². The van der Waals surface area contributed by atoms with Crippen molar-refractivity contribution in [2.45, 2.75) is 13.0 Å². The Labute approximate surface area is 135 Å². The number of hydrogen-bond acceptors (Lipinski definition) is 4. The predicted octanol–water partition coefficient (Wildman–Crippen LogP) is 2.57. The molecule has 0 bridgehead atoms. The van der Waals surface area contributed by atoms with Gasteiger partial charge in [-0.1, -0.05) is 18.2 Å². The molecule has 1 fully saturated rings. The number of nitrogens with zero attached hydrogens (tertiary/aromatic N) is 2. The van der Waals surface area contributed by atoms with Crippen LogP contribution in [0, 0.1) is 6.92 Å². The zero-order valence-electron chi connectivity index (χ0n) is 13.3. The number of rotatable bonds is 3. The zero-order valence-corrected chi connectivity index (χ0v) is 13.3. The van der Waals surface area contributed by atoms with Gasteiger partial charge in [0.05, 0.1) is 19.3 Å². The number of para-hydroxylation sites is 1. The largest absolute Gasteiger partial charge is 0.489 e. The molecule has 2 aliphatic rings. The van der Waals surface area contributed by atoms with Crippen molar-refractivity contribution in [3.63, 3.8) is 0 Å². The Bertz CT molecular complexity index is 723. The van der Waals surface area contributed by atoms with E-state index in [4.69, 9.17) is 9.47 Å². The highest BCUT2D eigenvalue weighted by Gasteiger charge is 2.28. The predicted molar refractivity (Wildman–Crippen MR) is 88.4 cm³/mol. The van der Waals surface area contributed by atoms with E-state index in [0.717, 1.165) is 42.5 Å². The minimum absolute atomic E-state index is 0.176. The summed E-state index contributed by atoms with van der Waals surface area (Å²) in [4.78, 5) is 10.3. The van der Waals surface area contributed by atoms with Crippen molar-refractivity contribution in [2.24, 2.45) is 0 Å². The molecule has 0 saturated carbocycles. The summed E-state index contributed by atoms with van der Waals surface area (Å²) in [6.45, 7) is 5.90. The van der Waals surface area contributed by atoms with Crippen LogP contribution in [0.15, 0.2) is 36.0 Å². The molecule has 3 heterocycles. The third-order valence-corrected chi connectivity index (χ3v) is 4.38. The van der Waals surface area contributed by atoms with E-state index in [1.54, 1.807) is 0 Å². The Balaban J connectivity index is 1.54. The van der Waals surface area contributed by atoms with Crippen LogP contribution in [0.5, 0.6) is 5.75 Å². The lowest BCUT2D eigenvalue weighted by atomic mass is 10.1. The summed E-state index contributed by atoms with van der Waals surface area (Å²) in [6, 6.07) is 8.35. The maximum absolute atomic E-state index is 5.87. The van der Waals surface area contributed by atoms with E-state index in [1.807, 2.05) is 31.3 Å². The molecule has 0 amide bonds. The van der Waals surface area contributed by atoms with Crippen LogP contribution in [-0.4, -0.2) is 47.8 Å². The second-order valence-electron chi connectivity index (χ2n) is 6.14. The summed E-state index contributed by atoms with van der Waals surface area (Å²) in [7, 11) is 0. The number of aromatic nitrogens is 2. The fraction of sp³-hybridized carbons (Fsp3) is 0.389. The van der Waals surface area contributed by atoms with Crippen molar-refractivity contribution >= 4 is 6.08 Å². The molecule has 5 nitrogen and oxygen atoms in total. The molecule has 2 aromatic rings. The second-order valence-corrected chi connectivity index (χ2v) is 6.14. The van der Waals surface area contributed by atoms with E-state index in [-0.39, 0.29) is 6.04 Å². The maximum atomic E-state index is 5.87. The second kappa shape index (κ2) is 6.18. The molecular formula is C18H21N3O2. The number of nitrogens with one attached hydrogen (secondary N) is 1. The number of hydrogen-bond donors (Lipinski definition) is 1. The van der Waals surface area contributed by atoms with E-state index in [2.05, 4.69) is 27.0 Å². The first-order valence-corrected chi connectivity index (χ1v) is 8.04. The first-order valence-electron chi connectivity index (χ1n) is 8.04. The highest BCUT2D eigenvalue weighted by molar-refractivity contribution is 5.62. The molecule has 0 aliphatic carbocycles. The molecule has 120 valence electrons. The number of ether oxygens (including phenoxy) is 2. The highest BCUT2D eigenvalue weighted by atomic mass is 16.5. The van der Waals surface area contributed by atoms with Gasteiger partial charge < -0.3 is 14.5 Å². The number of imidazole rings is 1. The van der Waals surface area contributed by atoms with E-state index in [1.165, 1.54) is 5.57 Å². The Kier molecular flexibility index (Phi) is 3.89. The van der Waals surface area contributed by atoms with Crippen molar-refractivity contribution < 1.29 is 9.47 Å². The van der Waals surface area contributed by atoms with Gasteiger partial charge in [-0.25, -0.2) is 4.98 Å². The SMILES string of the molecule is Cc1cnc([C@@H]2COCCN2CC2=Cc3ccccc3OC2)[nH]1. The van der Waals surface area contributed by atoms with Crippen LogP contribution in [-0.2, 0) is 4.74 Å². The van der Waals surface area contributed by atoms with Gasteiger partial charge in [-0.15, -0.1) is 0 Å². The summed E-state index contributed by atoms with van der Waals surface area (Å²) >= 11 is 0. The fourth-order valence-electron chi connectivity index (χ4n) is 3.20. The molecule has 1 N–H and O–H groups in total. The van der Waals surface area contributed by atoms with Crippen molar-refractivity contribution in [1.29, 1.82) is 0 Å². The van der Waals surface area contributed by atoms with Crippen molar-refractivity contribution in [1.82, 2.24) is 14.9 Å². The van der Waals surface area contributed by atoms with Crippen molar-refractivity contribution in [3.05, 3.63) is 53.1 Å². The fourth-order valence-corrected chi connectivity index (χ4v) is 3.20. The van der Waals surface area contributed by atoms with Crippen LogP contribution in [0.25, 0.3) is 6.08 Å². The number of benzene rings is 1. The highest BCUT2D eigenvalue weighted by Crippen LogP contribution is 2.28. The zero-order chi connectivity index (χ0) is 15.6. The summed E-state index contributed by atoms with van der Waals surface area (Å²) in [5.74, 6) is 1.95. The van der Waals surface area contributed by atoms with Crippen LogP contribution < -0.4 is 4.74 Å². The first kappa shape index (κ1) is 14.5.